The number of aryl methyl sites for hydroxylation is 1. The second-order valence-corrected chi connectivity index (χ2v) is 11.0. The van der Waals surface area contributed by atoms with Crippen LogP contribution in [-0.2, 0) is 49.3 Å². The number of nitrogens with zero attached hydrogens (tertiary/aromatic N) is 7. The smallest absolute Gasteiger partial charge is 0.325 e. The van der Waals surface area contributed by atoms with Gasteiger partial charge in [0.25, 0.3) is 0 Å². The molecule has 1 aromatic carbocycles. The maximum Gasteiger partial charge on any atom is 0.325 e. The van der Waals surface area contributed by atoms with Crippen molar-refractivity contribution in [3.63, 3.8) is 0 Å². The van der Waals surface area contributed by atoms with Gasteiger partial charge in [-0.25, -0.2) is 9.97 Å². The lowest BCUT2D eigenvalue weighted by Gasteiger charge is -2.23. The van der Waals surface area contributed by atoms with E-state index >= 15 is 0 Å². The lowest BCUT2D eigenvalue weighted by atomic mass is 10.1. The molecule has 0 aliphatic rings. The Morgan fingerprint density at radius 2 is 1.39 bits per heavy atom. The summed E-state index contributed by atoms with van der Waals surface area (Å²) in [5.74, 6) is 1.56. The molecule has 3 aromatic rings. The Kier molecular flexibility index (Phi) is 14.1. The monoisotopic (exact) mass is 565 g/mol. The number of aromatic nitrogens is 4. The van der Waals surface area contributed by atoms with E-state index in [2.05, 4.69) is 69.8 Å². The fraction of sp³-hybridized carbons (Fsp3) is 0.594. The molecule has 0 N–H and O–H groups in total. The second-order valence-electron chi connectivity index (χ2n) is 11.0. The minimum Gasteiger partial charge on any atom is -0.465 e. The number of carbonyl (C=O) groups excluding carboxylic acids is 1. The van der Waals surface area contributed by atoms with Gasteiger partial charge in [-0.05, 0) is 77.0 Å². The van der Waals surface area contributed by atoms with Gasteiger partial charge in [0.15, 0.2) is 0 Å². The van der Waals surface area contributed by atoms with E-state index in [0.29, 0.717) is 19.7 Å². The van der Waals surface area contributed by atoms with Crippen LogP contribution >= 0.6 is 0 Å². The summed E-state index contributed by atoms with van der Waals surface area (Å²) < 4.78 is 9.06. The van der Waals surface area contributed by atoms with Crippen LogP contribution in [0.15, 0.2) is 49.1 Å². The standard InChI is InChI=1S/C32H51N7O2/c1-6-17-37(18-7-2)20-10-9-19-35(4)23-28-11-13-29(14-12-28)24-38(25-30-33-15-21-36(30)5)26-31-34-16-22-39(31)27-32(40)41-8-3/h11-16,21-22H,6-10,17-20,23-27H2,1-5H3. The number of ether oxygens (including phenoxy) is 1. The second kappa shape index (κ2) is 17.7. The first kappa shape index (κ1) is 32.5. The van der Waals surface area contributed by atoms with Crippen LogP contribution in [0.4, 0.5) is 0 Å². The average Bonchev–Trinajstić information content (AvgIpc) is 3.56. The van der Waals surface area contributed by atoms with Crippen LogP contribution in [0.1, 0.15) is 69.2 Å². The summed E-state index contributed by atoms with van der Waals surface area (Å²) in [7, 11) is 4.23. The molecule has 9 nitrogen and oxygen atoms in total. The molecular formula is C32H51N7O2. The van der Waals surface area contributed by atoms with Crippen molar-refractivity contribution in [3.05, 3.63) is 71.8 Å². The molecule has 0 unspecified atom stereocenters. The quantitative estimate of drug-likeness (QED) is 0.145. The van der Waals surface area contributed by atoms with Gasteiger partial charge in [0.05, 0.1) is 19.7 Å². The number of imidazole rings is 2. The van der Waals surface area contributed by atoms with Gasteiger partial charge < -0.3 is 23.7 Å². The Bertz CT molecular complexity index is 1140. The summed E-state index contributed by atoms with van der Waals surface area (Å²) in [6.45, 7) is 14.6. The fourth-order valence-electron chi connectivity index (χ4n) is 5.18. The molecule has 226 valence electrons. The van der Waals surface area contributed by atoms with Crippen LogP contribution in [0.5, 0.6) is 0 Å². The van der Waals surface area contributed by atoms with Crippen molar-refractivity contribution in [2.24, 2.45) is 7.05 Å². The van der Waals surface area contributed by atoms with Gasteiger partial charge in [-0.1, -0.05) is 38.1 Å². The molecule has 9 heteroatoms. The molecule has 2 heterocycles. The zero-order valence-corrected chi connectivity index (χ0v) is 26.0. The van der Waals surface area contributed by atoms with Gasteiger partial charge >= 0.3 is 5.97 Å². The molecule has 3 rings (SSSR count). The average molecular weight is 566 g/mol. The third-order valence-corrected chi connectivity index (χ3v) is 7.28. The number of carbonyl (C=O) groups is 1. The highest BCUT2D eigenvalue weighted by Crippen LogP contribution is 2.15. The predicted octanol–water partition coefficient (Wildman–Crippen LogP) is 4.72. The van der Waals surface area contributed by atoms with Gasteiger partial charge in [0.2, 0.25) is 0 Å². The normalized spacial score (nSPS) is 11.7. The zero-order valence-electron chi connectivity index (χ0n) is 26.0. The van der Waals surface area contributed by atoms with Crippen molar-refractivity contribution in [1.82, 2.24) is 33.8 Å². The Morgan fingerprint density at radius 1 is 0.780 bits per heavy atom. The van der Waals surface area contributed by atoms with Crippen molar-refractivity contribution < 1.29 is 9.53 Å². The fourth-order valence-corrected chi connectivity index (χ4v) is 5.18. The Morgan fingerprint density at radius 3 is 2.02 bits per heavy atom. The molecular weight excluding hydrogens is 514 g/mol. The third kappa shape index (κ3) is 11.4. The molecule has 0 radical (unpaired) electrons. The maximum absolute atomic E-state index is 12.1. The summed E-state index contributed by atoms with van der Waals surface area (Å²) >= 11 is 0. The summed E-state index contributed by atoms with van der Waals surface area (Å²) in [6.07, 6.45) is 12.3. The molecule has 0 fully saturated rings. The van der Waals surface area contributed by atoms with E-state index in [4.69, 9.17) is 4.74 Å². The lowest BCUT2D eigenvalue weighted by molar-refractivity contribution is -0.143. The number of rotatable bonds is 20. The third-order valence-electron chi connectivity index (χ3n) is 7.28. The van der Waals surface area contributed by atoms with E-state index in [1.165, 1.54) is 56.4 Å². The largest absolute Gasteiger partial charge is 0.465 e. The van der Waals surface area contributed by atoms with E-state index in [1.807, 2.05) is 41.7 Å². The minimum absolute atomic E-state index is 0.164. The van der Waals surface area contributed by atoms with Crippen LogP contribution in [0.3, 0.4) is 0 Å². The Hall–Kier alpha value is -3.01. The van der Waals surface area contributed by atoms with E-state index < -0.39 is 0 Å². The first-order valence-electron chi connectivity index (χ1n) is 15.2. The van der Waals surface area contributed by atoms with Crippen LogP contribution in [0, 0.1) is 0 Å². The number of hydrogen-bond acceptors (Lipinski definition) is 7. The highest BCUT2D eigenvalue weighted by molar-refractivity contribution is 5.69. The van der Waals surface area contributed by atoms with Crippen molar-refractivity contribution in [2.75, 3.05) is 39.8 Å². The Balaban J connectivity index is 1.56. The van der Waals surface area contributed by atoms with Crippen molar-refractivity contribution >= 4 is 5.97 Å². The van der Waals surface area contributed by atoms with Crippen molar-refractivity contribution in [2.45, 2.75) is 79.2 Å². The maximum atomic E-state index is 12.1. The number of hydrogen-bond donors (Lipinski definition) is 0. The van der Waals surface area contributed by atoms with Crippen molar-refractivity contribution in [1.29, 1.82) is 0 Å². The zero-order chi connectivity index (χ0) is 29.5. The highest BCUT2D eigenvalue weighted by Gasteiger charge is 2.16. The molecule has 0 bridgehead atoms. The summed E-state index contributed by atoms with van der Waals surface area (Å²) in [4.78, 5) is 28.5. The van der Waals surface area contributed by atoms with E-state index in [9.17, 15) is 4.79 Å². The van der Waals surface area contributed by atoms with Gasteiger partial charge in [-0.2, -0.15) is 0 Å². The first-order valence-corrected chi connectivity index (χ1v) is 15.2. The SMILES string of the molecule is CCCN(CCC)CCCCN(C)Cc1ccc(CN(Cc2nccn2C)Cc2nccn2CC(=O)OCC)cc1. The van der Waals surface area contributed by atoms with Crippen LogP contribution in [0.25, 0.3) is 0 Å². The molecule has 0 amide bonds. The molecule has 0 spiro atoms. The lowest BCUT2D eigenvalue weighted by Crippen LogP contribution is -2.27. The summed E-state index contributed by atoms with van der Waals surface area (Å²) in [5, 5.41) is 0. The number of esters is 1. The Labute approximate surface area is 247 Å². The van der Waals surface area contributed by atoms with Gasteiger partial charge in [-0.3, -0.25) is 9.69 Å². The van der Waals surface area contributed by atoms with Gasteiger partial charge in [0.1, 0.15) is 18.2 Å². The molecule has 0 aliphatic heterocycles. The van der Waals surface area contributed by atoms with Crippen molar-refractivity contribution in [3.8, 4) is 0 Å². The van der Waals surface area contributed by atoms with Crippen LogP contribution in [0.2, 0.25) is 0 Å². The van der Waals surface area contributed by atoms with E-state index in [1.54, 1.807) is 6.20 Å². The summed E-state index contributed by atoms with van der Waals surface area (Å²) in [5.41, 5.74) is 2.57. The molecule has 0 saturated heterocycles. The van der Waals surface area contributed by atoms with Crippen LogP contribution in [-0.4, -0.2) is 79.6 Å². The predicted molar refractivity (Wildman–Crippen MR) is 164 cm³/mol. The number of benzene rings is 1. The first-order chi connectivity index (χ1) is 19.9. The van der Waals surface area contributed by atoms with Crippen LogP contribution < -0.4 is 0 Å². The molecule has 2 aromatic heterocycles. The highest BCUT2D eigenvalue weighted by atomic mass is 16.5. The minimum atomic E-state index is -0.252. The number of unbranched alkanes of at least 4 members (excludes halogenated alkanes) is 1. The van der Waals surface area contributed by atoms with E-state index in [0.717, 1.165) is 31.3 Å². The van der Waals surface area contributed by atoms with Gasteiger partial charge in [-0.15, -0.1) is 0 Å². The molecule has 0 aliphatic carbocycles. The molecule has 41 heavy (non-hydrogen) atoms. The van der Waals surface area contributed by atoms with E-state index in [-0.39, 0.29) is 12.5 Å². The topological polar surface area (TPSA) is 71.7 Å². The van der Waals surface area contributed by atoms with Gasteiger partial charge in [0, 0.05) is 44.9 Å². The molecule has 0 saturated carbocycles. The summed E-state index contributed by atoms with van der Waals surface area (Å²) in [6, 6.07) is 8.95. The molecule has 0 atom stereocenters.